The number of nitrogens with one attached hydrogen (secondary N) is 1. The van der Waals surface area contributed by atoms with Gasteiger partial charge in [-0.2, -0.15) is 0 Å². The van der Waals surface area contributed by atoms with E-state index >= 15 is 0 Å². The molecule has 6 heteroatoms. The molecule has 1 aromatic heterocycles. The quantitative estimate of drug-likeness (QED) is 0.839. The van der Waals surface area contributed by atoms with Crippen LogP contribution < -0.4 is 5.32 Å². The maximum Gasteiger partial charge on any atom is 0.233 e. The SMILES string of the molecule is C[C@@H](Sc1nncn1C)C(=O)NCC1CCCCC1. The van der Waals surface area contributed by atoms with Gasteiger partial charge in [-0.15, -0.1) is 10.2 Å². The van der Waals surface area contributed by atoms with Crippen LogP contribution in [0.4, 0.5) is 0 Å². The summed E-state index contributed by atoms with van der Waals surface area (Å²) in [5.41, 5.74) is 0. The Morgan fingerprint density at radius 2 is 2.26 bits per heavy atom. The van der Waals surface area contributed by atoms with Crippen LogP contribution in [-0.2, 0) is 11.8 Å². The highest BCUT2D eigenvalue weighted by Crippen LogP contribution is 2.23. The number of nitrogens with zero attached hydrogens (tertiary/aromatic N) is 3. The molecule has 1 saturated carbocycles. The molecule has 2 rings (SSSR count). The van der Waals surface area contributed by atoms with Gasteiger partial charge in [0, 0.05) is 13.6 Å². The van der Waals surface area contributed by atoms with Gasteiger partial charge in [-0.1, -0.05) is 31.0 Å². The molecule has 0 aromatic carbocycles. The predicted molar refractivity (Wildman–Crippen MR) is 75.9 cm³/mol. The highest BCUT2D eigenvalue weighted by Gasteiger charge is 2.19. The van der Waals surface area contributed by atoms with E-state index in [9.17, 15) is 4.79 Å². The first-order valence-electron chi connectivity index (χ1n) is 6.95. The van der Waals surface area contributed by atoms with Crippen LogP contribution in [0.15, 0.2) is 11.5 Å². The van der Waals surface area contributed by atoms with Crippen molar-refractivity contribution in [1.82, 2.24) is 20.1 Å². The Balaban J connectivity index is 1.74. The number of hydrogen-bond acceptors (Lipinski definition) is 4. The molecule has 0 radical (unpaired) electrons. The molecule has 19 heavy (non-hydrogen) atoms. The summed E-state index contributed by atoms with van der Waals surface area (Å²) in [5, 5.41) is 11.5. The number of amides is 1. The lowest BCUT2D eigenvalue weighted by Crippen LogP contribution is -2.35. The number of hydrogen-bond donors (Lipinski definition) is 1. The van der Waals surface area contributed by atoms with Gasteiger partial charge in [-0.05, 0) is 25.7 Å². The van der Waals surface area contributed by atoms with Gasteiger partial charge in [-0.3, -0.25) is 4.79 Å². The van der Waals surface area contributed by atoms with Crippen molar-refractivity contribution in [3.8, 4) is 0 Å². The topological polar surface area (TPSA) is 59.8 Å². The van der Waals surface area contributed by atoms with Crippen LogP contribution in [-0.4, -0.2) is 32.5 Å². The van der Waals surface area contributed by atoms with Gasteiger partial charge in [0.05, 0.1) is 5.25 Å². The molecular weight excluding hydrogens is 260 g/mol. The molecule has 0 bridgehead atoms. The lowest BCUT2D eigenvalue weighted by atomic mass is 9.89. The Hall–Kier alpha value is -1.04. The number of carbonyl (C=O) groups excluding carboxylic acids is 1. The molecule has 1 amide bonds. The van der Waals surface area contributed by atoms with Gasteiger partial charge in [0.1, 0.15) is 6.33 Å². The van der Waals surface area contributed by atoms with E-state index in [0.29, 0.717) is 5.92 Å². The maximum atomic E-state index is 12.0. The molecule has 106 valence electrons. The summed E-state index contributed by atoms with van der Waals surface area (Å²) in [4.78, 5) is 12.0. The third-order valence-electron chi connectivity index (χ3n) is 3.61. The fraction of sp³-hybridized carbons (Fsp3) is 0.769. The van der Waals surface area contributed by atoms with Gasteiger partial charge in [0.2, 0.25) is 5.91 Å². The molecule has 1 aliphatic carbocycles. The summed E-state index contributed by atoms with van der Waals surface area (Å²) in [5.74, 6) is 0.767. The van der Waals surface area contributed by atoms with Crippen molar-refractivity contribution < 1.29 is 4.79 Å². The van der Waals surface area contributed by atoms with E-state index in [1.165, 1.54) is 43.9 Å². The third-order valence-corrected chi connectivity index (χ3v) is 4.76. The zero-order valence-electron chi connectivity index (χ0n) is 11.6. The minimum absolute atomic E-state index is 0.0959. The van der Waals surface area contributed by atoms with Crippen molar-refractivity contribution >= 4 is 17.7 Å². The minimum atomic E-state index is -0.133. The van der Waals surface area contributed by atoms with Gasteiger partial charge >= 0.3 is 0 Å². The molecule has 1 heterocycles. The van der Waals surface area contributed by atoms with Gasteiger partial charge in [0.15, 0.2) is 5.16 Å². The molecule has 0 aliphatic heterocycles. The molecule has 0 saturated heterocycles. The van der Waals surface area contributed by atoms with Crippen LogP contribution in [0.3, 0.4) is 0 Å². The first-order chi connectivity index (χ1) is 9.16. The maximum absolute atomic E-state index is 12.0. The second-order valence-electron chi connectivity index (χ2n) is 5.23. The Morgan fingerprint density at radius 3 is 2.89 bits per heavy atom. The van der Waals surface area contributed by atoms with Crippen molar-refractivity contribution in [2.75, 3.05) is 6.54 Å². The number of rotatable bonds is 5. The van der Waals surface area contributed by atoms with Crippen LogP contribution in [0.5, 0.6) is 0 Å². The van der Waals surface area contributed by atoms with Gasteiger partial charge in [0.25, 0.3) is 0 Å². The fourth-order valence-electron chi connectivity index (χ4n) is 2.37. The van der Waals surface area contributed by atoms with Crippen LogP contribution in [0, 0.1) is 5.92 Å². The Bertz CT molecular complexity index is 415. The molecule has 1 aliphatic rings. The monoisotopic (exact) mass is 282 g/mol. The fourth-order valence-corrected chi connectivity index (χ4v) is 3.19. The number of thioether (sulfide) groups is 1. The van der Waals surface area contributed by atoms with Crippen LogP contribution in [0.1, 0.15) is 39.0 Å². The van der Waals surface area contributed by atoms with Crippen LogP contribution >= 0.6 is 11.8 Å². The largest absolute Gasteiger partial charge is 0.355 e. The zero-order valence-corrected chi connectivity index (χ0v) is 12.4. The summed E-state index contributed by atoms with van der Waals surface area (Å²) in [6.07, 6.45) is 8.13. The Kier molecular flexibility index (Phi) is 5.24. The summed E-state index contributed by atoms with van der Waals surface area (Å²) in [6, 6.07) is 0. The lowest BCUT2D eigenvalue weighted by Gasteiger charge is -2.22. The average Bonchev–Trinajstić information content (AvgIpc) is 2.82. The summed E-state index contributed by atoms with van der Waals surface area (Å²) < 4.78 is 1.83. The number of carbonyl (C=O) groups is 1. The van der Waals surface area contributed by atoms with Crippen LogP contribution in [0.2, 0.25) is 0 Å². The normalized spacial score (nSPS) is 18.2. The number of aryl methyl sites for hydroxylation is 1. The molecular formula is C13H22N4OS. The molecule has 1 fully saturated rings. The van der Waals surface area contributed by atoms with Gasteiger partial charge < -0.3 is 9.88 Å². The molecule has 1 N–H and O–H groups in total. The Labute approximate surface area is 118 Å². The third kappa shape index (κ3) is 4.23. The summed E-state index contributed by atoms with van der Waals surface area (Å²) >= 11 is 1.45. The van der Waals surface area contributed by atoms with Crippen LogP contribution in [0.25, 0.3) is 0 Å². The molecule has 0 spiro atoms. The van der Waals surface area contributed by atoms with E-state index in [1.54, 1.807) is 6.33 Å². The first kappa shape index (κ1) is 14.4. The Morgan fingerprint density at radius 1 is 1.53 bits per heavy atom. The lowest BCUT2D eigenvalue weighted by molar-refractivity contribution is -0.120. The highest BCUT2D eigenvalue weighted by atomic mass is 32.2. The van der Waals surface area contributed by atoms with E-state index in [-0.39, 0.29) is 11.2 Å². The first-order valence-corrected chi connectivity index (χ1v) is 7.83. The van der Waals surface area contributed by atoms with Crippen molar-refractivity contribution in [2.24, 2.45) is 13.0 Å². The van der Waals surface area contributed by atoms with E-state index < -0.39 is 0 Å². The van der Waals surface area contributed by atoms with Gasteiger partial charge in [-0.25, -0.2) is 0 Å². The average molecular weight is 282 g/mol. The van der Waals surface area contributed by atoms with E-state index in [2.05, 4.69) is 15.5 Å². The summed E-state index contributed by atoms with van der Waals surface area (Å²) in [6.45, 7) is 2.73. The highest BCUT2D eigenvalue weighted by molar-refractivity contribution is 8.00. The van der Waals surface area contributed by atoms with E-state index in [4.69, 9.17) is 0 Å². The summed E-state index contributed by atoms with van der Waals surface area (Å²) in [7, 11) is 1.88. The standard InChI is InChI=1S/C13H22N4OS/c1-10(19-13-16-15-9-17(13)2)12(18)14-8-11-6-4-3-5-7-11/h9-11H,3-8H2,1-2H3,(H,14,18)/t10-/m1/s1. The molecule has 1 atom stereocenters. The smallest absolute Gasteiger partial charge is 0.233 e. The van der Waals surface area contributed by atoms with Crippen molar-refractivity contribution in [3.05, 3.63) is 6.33 Å². The molecule has 5 nitrogen and oxygen atoms in total. The van der Waals surface area contributed by atoms with E-state index in [1.807, 2.05) is 18.5 Å². The van der Waals surface area contributed by atoms with E-state index in [0.717, 1.165) is 11.7 Å². The number of aromatic nitrogens is 3. The minimum Gasteiger partial charge on any atom is -0.355 e. The second-order valence-corrected chi connectivity index (χ2v) is 6.54. The second kappa shape index (κ2) is 6.93. The zero-order chi connectivity index (χ0) is 13.7. The van der Waals surface area contributed by atoms with Crippen molar-refractivity contribution in [3.63, 3.8) is 0 Å². The molecule has 1 aromatic rings. The van der Waals surface area contributed by atoms with Crippen molar-refractivity contribution in [1.29, 1.82) is 0 Å². The van der Waals surface area contributed by atoms with Crippen molar-refractivity contribution in [2.45, 2.75) is 49.4 Å². The predicted octanol–water partition coefficient (Wildman–Crippen LogP) is 1.99. The molecule has 0 unspecified atom stereocenters.